The number of pyridine rings is 1. The summed E-state index contributed by atoms with van der Waals surface area (Å²) in [5, 5.41) is 3.34. The fraction of sp³-hybridized carbons (Fsp3) is 0.533. The molecule has 1 N–H and O–H groups in total. The molecule has 4 nitrogen and oxygen atoms in total. The zero-order valence-corrected chi connectivity index (χ0v) is 12.4. The van der Waals surface area contributed by atoms with Crippen LogP contribution in [0.4, 0.5) is 5.69 Å². The second kappa shape index (κ2) is 6.79. The summed E-state index contributed by atoms with van der Waals surface area (Å²) in [6.07, 6.45) is 3.77. The second-order valence-electron chi connectivity index (χ2n) is 5.20. The summed E-state index contributed by atoms with van der Waals surface area (Å²) in [6.45, 7) is 7.50. The Balaban J connectivity index is 2.07. The van der Waals surface area contributed by atoms with Crippen molar-refractivity contribution in [2.24, 2.45) is 4.99 Å². The topological polar surface area (TPSA) is 46.5 Å². The van der Waals surface area contributed by atoms with Crippen LogP contribution >= 0.6 is 0 Å². The van der Waals surface area contributed by atoms with Gasteiger partial charge in [-0.3, -0.25) is 0 Å². The van der Waals surface area contributed by atoms with E-state index >= 15 is 0 Å². The Morgan fingerprint density at radius 3 is 2.75 bits per heavy atom. The average molecular weight is 270 g/mol. The van der Waals surface area contributed by atoms with Crippen molar-refractivity contribution >= 4 is 24.5 Å². The van der Waals surface area contributed by atoms with E-state index in [2.05, 4.69) is 15.3 Å². The van der Waals surface area contributed by atoms with E-state index in [4.69, 9.17) is 12.2 Å². The molecular formula is C15H21BN3O. The number of rotatable bonds is 4. The van der Waals surface area contributed by atoms with Gasteiger partial charge in [0.15, 0.2) is 0 Å². The van der Waals surface area contributed by atoms with Crippen LogP contribution < -0.4 is 5.32 Å². The molecule has 105 valence electrons. The summed E-state index contributed by atoms with van der Waals surface area (Å²) >= 11 is 0. The minimum absolute atomic E-state index is 0.380. The van der Waals surface area contributed by atoms with E-state index in [1.165, 1.54) is 0 Å². The first-order chi connectivity index (χ1) is 9.58. The van der Waals surface area contributed by atoms with Gasteiger partial charge in [0, 0.05) is 0 Å². The van der Waals surface area contributed by atoms with Crippen molar-refractivity contribution in [2.75, 3.05) is 13.2 Å². The van der Waals surface area contributed by atoms with E-state index in [1.54, 1.807) is 6.20 Å². The molecule has 0 atom stereocenters. The number of aryl methyl sites for hydroxylation is 2. The Hall–Kier alpha value is -1.49. The van der Waals surface area contributed by atoms with E-state index in [9.17, 15) is 0 Å². The van der Waals surface area contributed by atoms with Gasteiger partial charge in [-0.1, -0.05) is 0 Å². The predicted octanol–water partition coefficient (Wildman–Crippen LogP) is 1.86. The molecule has 0 amide bonds. The first-order valence-electron chi connectivity index (χ1n) is 7.02. The Morgan fingerprint density at radius 1 is 1.40 bits per heavy atom. The first-order valence-corrected chi connectivity index (χ1v) is 7.02. The molecule has 5 heteroatoms. The van der Waals surface area contributed by atoms with Gasteiger partial charge in [-0.05, 0) is 0 Å². The number of nitrogens with zero attached hydrogens (tertiary/aromatic N) is 2. The first kappa shape index (κ1) is 14.9. The van der Waals surface area contributed by atoms with Gasteiger partial charge in [0.2, 0.25) is 0 Å². The average Bonchev–Trinajstić information content (AvgIpc) is 2.44. The molecule has 1 aromatic rings. The molecule has 20 heavy (non-hydrogen) atoms. The summed E-state index contributed by atoms with van der Waals surface area (Å²) in [5.74, 6) is 0. The maximum absolute atomic E-state index is 6.11. The van der Waals surface area contributed by atoms with Gasteiger partial charge in [-0.25, -0.2) is 0 Å². The monoisotopic (exact) mass is 270 g/mol. The summed E-state index contributed by atoms with van der Waals surface area (Å²) < 4.78 is 5.34. The molecule has 0 aliphatic carbocycles. The minimum atomic E-state index is 0.380. The van der Waals surface area contributed by atoms with Crippen molar-refractivity contribution in [3.05, 3.63) is 23.5 Å². The van der Waals surface area contributed by atoms with Crippen LogP contribution in [-0.4, -0.2) is 43.0 Å². The number of ether oxygens (including phenoxy) is 1. The quantitative estimate of drug-likeness (QED) is 0.671. The van der Waals surface area contributed by atoms with Crippen LogP contribution in [0.3, 0.4) is 0 Å². The van der Waals surface area contributed by atoms with E-state index in [0.29, 0.717) is 11.6 Å². The molecule has 1 aliphatic rings. The van der Waals surface area contributed by atoms with Crippen molar-refractivity contribution in [1.29, 1.82) is 0 Å². The van der Waals surface area contributed by atoms with Crippen LogP contribution in [0, 0.1) is 13.8 Å². The van der Waals surface area contributed by atoms with E-state index in [1.807, 2.05) is 26.8 Å². The number of nitrogens with one attached hydrogen (secondary N) is 1. The van der Waals surface area contributed by atoms with E-state index in [-0.39, 0.29) is 0 Å². The summed E-state index contributed by atoms with van der Waals surface area (Å²) in [7, 11) is 6.11. The zero-order valence-electron chi connectivity index (χ0n) is 12.4. The zero-order chi connectivity index (χ0) is 14.5. The van der Waals surface area contributed by atoms with Crippen LogP contribution in [0.15, 0.2) is 17.3 Å². The SMILES string of the molecule is [B]=C(NC1CCOCC1)C(C)=Nc1c(C)ccnc1C. The Morgan fingerprint density at radius 2 is 2.10 bits per heavy atom. The van der Waals surface area contributed by atoms with E-state index in [0.717, 1.165) is 48.7 Å². The summed E-state index contributed by atoms with van der Waals surface area (Å²) in [6, 6.07) is 2.34. The molecule has 2 rings (SSSR count). The van der Waals surface area contributed by atoms with Crippen molar-refractivity contribution in [3.63, 3.8) is 0 Å². The Labute approximate surface area is 121 Å². The number of hydrogen-bond donors (Lipinski definition) is 1. The van der Waals surface area contributed by atoms with Crippen molar-refractivity contribution in [1.82, 2.24) is 10.3 Å². The third kappa shape index (κ3) is 3.76. The Kier molecular flexibility index (Phi) is 5.07. The van der Waals surface area contributed by atoms with Gasteiger partial charge in [-0.2, -0.15) is 0 Å². The normalized spacial score (nSPS) is 17.0. The predicted molar refractivity (Wildman–Crippen MR) is 84.2 cm³/mol. The number of aromatic nitrogens is 1. The van der Waals surface area contributed by atoms with Gasteiger partial charge in [-0.15, -0.1) is 0 Å². The molecule has 0 saturated carbocycles. The third-order valence-corrected chi connectivity index (χ3v) is 3.56. The molecule has 1 saturated heterocycles. The van der Waals surface area contributed by atoms with Gasteiger partial charge in [0.05, 0.1) is 0 Å². The van der Waals surface area contributed by atoms with Gasteiger partial charge >= 0.3 is 121 Å². The standard InChI is InChI=1S/C15H21BN3O/c1-10-4-7-17-11(2)14(10)18-12(3)15(16)19-13-5-8-20-9-6-13/h4,7,13,19H,5-6,8-9H2,1-3H3. The van der Waals surface area contributed by atoms with Gasteiger partial charge in [0.1, 0.15) is 0 Å². The second-order valence-corrected chi connectivity index (χ2v) is 5.20. The van der Waals surface area contributed by atoms with Crippen molar-refractivity contribution in [2.45, 2.75) is 39.7 Å². The van der Waals surface area contributed by atoms with Crippen LogP contribution in [0.1, 0.15) is 31.0 Å². The van der Waals surface area contributed by atoms with Crippen LogP contribution in [0.5, 0.6) is 0 Å². The molecule has 0 unspecified atom stereocenters. The van der Waals surface area contributed by atoms with Crippen LogP contribution in [-0.2, 0) is 4.74 Å². The summed E-state index contributed by atoms with van der Waals surface area (Å²) in [4.78, 5) is 8.90. The van der Waals surface area contributed by atoms with Crippen LogP contribution in [0.25, 0.3) is 0 Å². The fourth-order valence-electron chi connectivity index (χ4n) is 2.25. The molecule has 2 heterocycles. The van der Waals surface area contributed by atoms with Gasteiger partial charge in [0.25, 0.3) is 0 Å². The van der Waals surface area contributed by atoms with Crippen molar-refractivity contribution < 1.29 is 4.74 Å². The maximum atomic E-state index is 6.11. The molecule has 1 aliphatic heterocycles. The molecule has 1 aromatic heterocycles. The molecule has 0 aromatic carbocycles. The summed E-state index contributed by atoms with van der Waals surface area (Å²) in [5.41, 5.74) is 4.37. The number of hydrogen-bond acceptors (Lipinski definition) is 4. The van der Waals surface area contributed by atoms with Crippen LogP contribution in [0.2, 0.25) is 0 Å². The molecule has 1 fully saturated rings. The molecular weight excluding hydrogens is 249 g/mol. The molecule has 0 spiro atoms. The third-order valence-electron chi connectivity index (χ3n) is 3.56. The molecule has 0 bridgehead atoms. The number of aliphatic imine (C=N–C) groups is 1. The molecule has 1 radical (unpaired) electrons. The Bertz CT molecular complexity index is 502. The van der Waals surface area contributed by atoms with E-state index < -0.39 is 0 Å². The fourth-order valence-corrected chi connectivity index (χ4v) is 2.25. The van der Waals surface area contributed by atoms with Crippen molar-refractivity contribution in [3.8, 4) is 0 Å². The van der Waals surface area contributed by atoms with Gasteiger partial charge < -0.3 is 0 Å².